The van der Waals surface area contributed by atoms with Crippen molar-refractivity contribution in [3.05, 3.63) is 188 Å². The highest BCUT2D eigenvalue weighted by Gasteiger charge is 2.18. The lowest BCUT2D eigenvalue weighted by Crippen LogP contribution is -2.11. The van der Waals surface area contributed by atoms with Crippen molar-refractivity contribution in [2.75, 3.05) is 4.90 Å². The third kappa shape index (κ3) is 5.13. The van der Waals surface area contributed by atoms with Crippen LogP contribution in [-0.4, -0.2) is 0 Å². The molecular weight excluding hydrogens is 599 g/mol. The highest BCUT2D eigenvalue weighted by molar-refractivity contribution is 7.25. The number of rotatable bonds is 6. The van der Waals surface area contributed by atoms with Gasteiger partial charge in [-0.25, -0.2) is 0 Å². The highest BCUT2D eigenvalue weighted by atomic mass is 32.1. The van der Waals surface area contributed by atoms with Crippen LogP contribution in [0.25, 0.3) is 64.3 Å². The molecule has 0 bridgehead atoms. The summed E-state index contributed by atoms with van der Waals surface area (Å²) >= 11 is 1.86. The predicted octanol–water partition coefficient (Wildman–Crippen LogP) is 13.7. The van der Waals surface area contributed by atoms with Gasteiger partial charge in [0.25, 0.3) is 0 Å². The van der Waals surface area contributed by atoms with E-state index < -0.39 is 0 Å². The number of benzene rings is 8. The van der Waals surface area contributed by atoms with Gasteiger partial charge in [-0.05, 0) is 87.1 Å². The number of thiophene rings is 1. The molecule has 0 amide bonds. The monoisotopic (exact) mass is 629 g/mol. The van der Waals surface area contributed by atoms with Gasteiger partial charge in [-0.15, -0.1) is 11.3 Å². The summed E-state index contributed by atoms with van der Waals surface area (Å²) in [6.07, 6.45) is 0. The van der Waals surface area contributed by atoms with E-state index in [2.05, 4.69) is 193 Å². The van der Waals surface area contributed by atoms with Crippen molar-refractivity contribution in [2.45, 2.75) is 0 Å². The Kier molecular flexibility index (Phi) is 7.07. The summed E-state index contributed by atoms with van der Waals surface area (Å²) in [4.78, 5) is 2.40. The van der Waals surface area contributed by atoms with Crippen LogP contribution < -0.4 is 4.90 Å². The first-order valence-electron chi connectivity index (χ1n) is 16.3. The lowest BCUT2D eigenvalue weighted by molar-refractivity contribution is 1.29. The lowest BCUT2D eigenvalue weighted by Gasteiger charge is -2.28. The molecule has 0 N–H and O–H groups in total. The number of nitrogens with zero attached hydrogens (tertiary/aromatic N) is 1. The third-order valence-electron chi connectivity index (χ3n) is 9.27. The van der Waals surface area contributed by atoms with Crippen molar-refractivity contribution in [1.29, 1.82) is 0 Å². The Morgan fingerprint density at radius 1 is 0.333 bits per heavy atom. The van der Waals surface area contributed by atoms with Gasteiger partial charge in [-0.1, -0.05) is 140 Å². The molecule has 8 aromatic carbocycles. The number of para-hydroxylation sites is 1. The molecule has 9 aromatic rings. The van der Waals surface area contributed by atoms with E-state index in [1.54, 1.807) is 0 Å². The third-order valence-corrected chi connectivity index (χ3v) is 10.4. The summed E-state index contributed by atoms with van der Waals surface area (Å²) in [7, 11) is 0. The Morgan fingerprint density at radius 3 is 1.69 bits per heavy atom. The Labute approximate surface area is 284 Å². The fourth-order valence-corrected chi connectivity index (χ4v) is 7.92. The van der Waals surface area contributed by atoms with Gasteiger partial charge in [0.2, 0.25) is 0 Å². The molecule has 2 heteroatoms. The lowest BCUT2D eigenvalue weighted by atomic mass is 9.98. The Hall–Kier alpha value is -5.96. The van der Waals surface area contributed by atoms with Crippen LogP contribution in [0, 0.1) is 0 Å². The standard InChI is InChI=1S/C46H31NS/c1-2-10-32(11-3-1)34-18-20-35(21-19-34)36-22-26-39(27-23-36)47(40-28-24-33-12-4-5-13-37(33)30-40)44-16-8-6-14-41(44)38-25-29-46-43(31-38)42-15-7-9-17-45(42)48-46/h1-31H. The van der Waals surface area contributed by atoms with Crippen LogP contribution in [0.1, 0.15) is 0 Å². The zero-order valence-electron chi connectivity index (χ0n) is 26.3. The SMILES string of the molecule is c1ccc(-c2ccc(-c3ccc(N(c4ccc5ccccc5c4)c4ccccc4-c4ccc5sc6ccccc6c5c4)cc3)cc2)cc1. The largest absolute Gasteiger partial charge is 0.310 e. The number of fused-ring (bicyclic) bond motifs is 4. The van der Waals surface area contributed by atoms with E-state index in [1.807, 2.05) is 11.3 Å². The molecule has 0 aliphatic rings. The van der Waals surface area contributed by atoms with Gasteiger partial charge in [0.05, 0.1) is 5.69 Å². The van der Waals surface area contributed by atoms with E-state index >= 15 is 0 Å². The molecule has 48 heavy (non-hydrogen) atoms. The molecule has 0 radical (unpaired) electrons. The number of hydrogen-bond donors (Lipinski definition) is 0. The molecule has 0 aliphatic carbocycles. The molecule has 0 saturated carbocycles. The van der Waals surface area contributed by atoms with Crippen LogP contribution in [-0.2, 0) is 0 Å². The van der Waals surface area contributed by atoms with Crippen molar-refractivity contribution in [3.8, 4) is 33.4 Å². The quantitative estimate of drug-likeness (QED) is 0.177. The molecule has 0 unspecified atom stereocenters. The van der Waals surface area contributed by atoms with E-state index in [1.165, 1.54) is 64.3 Å². The molecule has 1 heterocycles. The molecule has 1 aromatic heterocycles. The zero-order valence-corrected chi connectivity index (χ0v) is 27.1. The van der Waals surface area contributed by atoms with Crippen molar-refractivity contribution >= 4 is 59.3 Å². The van der Waals surface area contributed by atoms with E-state index in [-0.39, 0.29) is 0 Å². The summed E-state index contributed by atoms with van der Waals surface area (Å²) in [6, 6.07) is 68.2. The minimum absolute atomic E-state index is 1.12. The summed E-state index contributed by atoms with van der Waals surface area (Å²) in [6.45, 7) is 0. The van der Waals surface area contributed by atoms with E-state index in [4.69, 9.17) is 0 Å². The van der Waals surface area contributed by atoms with Gasteiger partial charge in [-0.3, -0.25) is 0 Å². The minimum Gasteiger partial charge on any atom is -0.310 e. The maximum atomic E-state index is 2.40. The van der Waals surface area contributed by atoms with Gasteiger partial charge in [0, 0.05) is 37.1 Å². The molecule has 0 saturated heterocycles. The van der Waals surface area contributed by atoms with Crippen molar-refractivity contribution in [3.63, 3.8) is 0 Å². The van der Waals surface area contributed by atoms with Crippen LogP contribution in [0.3, 0.4) is 0 Å². The second-order valence-electron chi connectivity index (χ2n) is 12.2. The minimum atomic E-state index is 1.12. The van der Waals surface area contributed by atoms with Crippen molar-refractivity contribution in [2.24, 2.45) is 0 Å². The Bertz CT molecular complexity index is 2540. The summed E-state index contributed by atoms with van der Waals surface area (Å²) < 4.78 is 2.64. The Balaban J connectivity index is 1.16. The first-order chi connectivity index (χ1) is 23.8. The predicted molar refractivity (Wildman–Crippen MR) is 208 cm³/mol. The van der Waals surface area contributed by atoms with E-state index in [9.17, 15) is 0 Å². The molecule has 0 spiro atoms. The van der Waals surface area contributed by atoms with Gasteiger partial charge >= 0.3 is 0 Å². The second kappa shape index (κ2) is 12.0. The summed E-state index contributed by atoms with van der Waals surface area (Å²) in [5.41, 5.74) is 10.7. The van der Waals surface area contributed by atoms with Crippen LogP contribution in [0.2, 0.25) is 0 Å². The normalized spacial score (nSPS) is 11.3. The number of anilines is 3. The van der Waals surface area contributed by atoms with E-state index in [0.29, 0.717) is 0 Å². The fourth-order valence-electron chi connectivity index (χ4n) is 6.84. The fraction of sp³-hybridized carbons (Fsp3) is 0. The maximum Gasteiger partial charge on any atom is 0.0540 e. The molecule has 0 aliphatic heterocycles. The molecule has 0 fully saturated rings. The average Bonchev–Trinajstić information content (AvgIpc) is 3.54. The maximum absolute atomic E-state index is 2.40. The second-order valence-corrected chi connectivity index (χ2v) is 13.3. The van der Waals surface area contributed by atoms with Crippen LogP contribution in [0.15, 0.2) is 188 Å². The van der Waals surface area contributed by atoms with Crippen LogP contribution >= 0.6 is 11.3 Å². The molecular formula is C46H31NS. The van der Waals surface area contributed by atoms with Gasteiger partial charge in [0.1, 0.15) is 0 Å². The van der Waals surface area contributed by atoms with Gasteiger partial charge < -0.3 is 4.90 Å². The molecule has 9 rings (SSSR count). The van der Waals surface area contributed by atoms with Crippen molar-refractivity contribution in [1.82, 2.24) is 0 Å². The van der Waals surface area contributed by atoms with Crippen LogP contribution in [0.4, 0.5) is 17.1 Å². The molecule has 1 nitrogen and oxygen atoms in total. The summed E-state index contributed by atoms with van der Waals surface area (Å²) in [5, 5.41) is 5.08. The van der Waals surface area contributed by atoms with Gasteiger partial charge in [0.15, 0.2) is 0 Å². The molecule has 0 atom stereocenters. The Morgan fingerprint density at radius 2 is 0.896 bits per heavy atom. The first kappa shape index (κ1) is 28.3. The van der Waals surface area contributed by atoms with E-state index in [0.717, 1.165) is 17.1 Å². The average molecular weight is 630 g/mol. The summed E-state index contributed by atoms with van der Waals surface area (Å²) in [5.74, 6) is 0. The zero-order chi connectivity index (χ0) is 31.9. The first-order valence-corrected chi connectivity index (χ1v) is 17.2. The van der Waals surface area contributed by atoms with Gasteiger partial charge in [-0.2, -0.15) is 0 Å². The smallest absolute Gasteiger partial charge is 0.0540 e. The molecule has 226 valence electrons. The van der Waals surface area contributed by atoms with Crippen LogP contribution in [0.5, 0.6) is 0 Å². The highest BCUT2D eigenvalue weighted by Crippen LogP contribution is 2.44. The number of hydrogen-bond acceptors (Lipinski definition) is 2. The topological polar surface area (TPSA) is 3.24 Å². The van der Waals surface area contributed by atoms with Crippen molar-refractivity contribution < 1.29 is 0 Å².